The van der Waals surface area contributed by atoms with Gasteiger partial charge in [-0.2, -0.15) is 0 Å². The number of halogens is 1. The average Bonchev–Trinajstić information content (AvgIpc) is 3.39. The number of hydrogen-bond donors (Lipinski definition) is 1. The van der Waals surface area contributed by atoms with E-state index in [2.05, 4.69) is 14.9 Å². The van der Waals surface area contributed by atoms with Gasteiger partial charge in [0, 0.05) is 31.6 Å². The number of ether oxygens (including phenoxy) is 2. The van der Waals surface area contributed by atoms with E-state index >= 15 is 0 Å². The molecule has 2 aliphatic heterocycles. The highest BCUT2D eigenvalue weighted by molar-refractivity contribution is 5.68. The average molecular weight is 501 g/mol. The van der Waals surface area contributed by atoms with Crippen molar-refractivity contribution < 1.29 is 23.8 Å². The van der Waals surface area contributed by atoms with Gasteiger partial charge in [-0.3, -0.25) is 0 Å². The Kier molecular flexibility index (Phi) is 7.14. The number of nitrogens with zero attached hydrogens (tertiary/aromatic N) is 4. The third kappa shape index (κ3) is 6.43. The van der Waals surface area contributed by atoms with Gasteiger partial charge >= 0.3 is 6.09 Å². The van der Waals surface area contributed by atoms with Gasteiger partial charge in [0.2, 0.25) is 0 Å². The molecule has 1 atom stereocenters. The molecule has 0 radical (unpaired) electrons. The molecule has 9 heteroatoms. The fourth-order valence-corrected chi connectivity index (χ4v) is 4.89. The van der Waals surface area contributed by atoms with Gasteiger partial charge in [-0.1, -0.05) is 0 Å². The van der Waals surface area contributed by atoms with E-state index in [0.29, 0.717) is 48.8 Å². The van der Waals surface area contributed by atoms with Crippen LogP contribution in [0.1, 0.15) is 59.4 Å². The van der Waals surface area contributed by atoms with Crippen LogP contribution in [-0.2, 0) is 11.2 Å². The minimum Gasteiger partial charge on any atom is -0.452 e. The molecule has 36 heavy (non-hydrogen) atoms. The van der Waals surface area contributed by atoms with Crippen molar-refractivity contribution in [3.05, 3.63) is 42.1 Å². The van der Waals surface area contributed by atoms with Crippen molar-refractivity contribution in [3.8, 4) is 11.5 Å². The summed E-state index contributed by atoms with van der Waals surface area (Å²) in [6, 6.07) is 4.41. The molecular formula is C27H37FN4O4. The normalized spacial score (nSPS) is 20.3. The first kappa shape index (κ1) is 26.1. The Morgan fingerprint density at radius 1 is 1.14 bits per heavy atom. The van der Waals surface area contributed by atoms with E-state index in [9.17, 15) is 14.3 Å². The number of aromatic nitrogens is 2. The highest BCUT2D eigenvalue weighted by Gasteiger charge is 2.46. The molecule has 1 unspecified atom stereocenters. The predicted octanol–water partition coefficient (Wildman–Crippen LogP) is 4.95. The molecule has 4 rings (SSSR count). The monoisotopic (exact) mass is 500 g/mol. The third-order valence-corrected chi connectivity index (χ3v) is 6.74. The summed E-state index contributed by atoms with van der Waals surface area (Å²) in [4.78, 5) is 25.2. The molecule has 1 N–H and O–H groups in total. The molecule has 1 aromatic carbocycles. The lowest BCUT2D eigenvalue weighted by Crippen LogP contribution is -2.37. The first-order valence-corrected chi connectivity index (χ1v) is 12.5. The van der Waals surface area contributed by atoms with Crippen molar-refractivity contribution in [2.75, 3.05) is 31.1 Å². The maximum absolute atomic E-state index is 14.0. The van der Waals surface area contributed by atoms with E-state index in [4.69, 9.17) is 9.47 Å². The number of amides is 1. The van der Waals surface area contributed by atoms with Gasteiger partial charge < -0.3 is 24.4 Å². The molecule has 2 fully saturated rings. The molecule has 0 bridgehead atoms. The summed E-state index contributed by atoms with van der Waals surface area (Å²) in [6.45, 7) is 11.9. The number of benzene rings is 1. The molecular weight excluding hydrogens is 463 g/mol. The Balaban J connectivity index is 1.48. The second kappa shape index (κ2) is 9.84. The van der Waals surface area contributed by atoms with Crippen molar-refractivity contribution in [3.63, 3.8) is 0 Å². The molecule has 1 aromatic heterocycles. The molecule has 0 aliphatic carbocycles. The van der Waals surface area contributed by atoms with Crippen molar-refractivity contribution in [2.24, 2.45) is 5.41 Å². The highest BCUT2D eigenvalue weighted by atomic mass is 19.1. The first-order valence-electron chi connectivity index (χ1n) is 12.5. The van der Waals surface area contributed by atoms with E-state index < -0.39 is 11.2 Å². The third-order valence-electron chi connectivity index (χ3n) is 6.74. The molecule has 8 nitrogen and oxygen atoms in total. The zero-order chi connectivity index (χ0) is 26.1. The molecule has 2 aromatic rings. The maximum atomic E-state index is 14.0. The summed E-state index contributed by atoms with van der Waals surface area (Å²) in [7, 11) is 0. The second-order valence-corrected chi connectivity index (χ2v) is 11.7. The Morgan fingerprint density at radius 3 is 2.61 bits per heavy atom. The van der Waals surface area contributed by atoms with Crippen LogP contribution in [-0.4, -0.2) is 63.4 Å². The lowest BCUT2D eigenvalue weighted by Gasteiger charge is -2.27. The Hall–Kier alpha value is -2.94. The molecule has 2 aliphatic rings. The topological polar surface area (TPSA) is 88.0 Å². The summed E-state index contributed by atoms with van der Waals surface area (Å²) in [6.07, 6.45) is 5.62. The molecule has 196 valence electrons. The number of carbonyl (C=O) groups is 1. The van der Waals surface area contributed by atoms with Crippen molar-refractivity contribution in [2.45, 2.75) is 71.5 Å². The zero-order valence-electron chi connectivity index (χ0n) is 21.9. The number of aliphatic hydroxyl groups is 1. The van der Waals surface area contributed by atoms with Crippen LogP contribution in [0.4, 0.5) is 15.0 Å². The van der Waals surface area contributed by atoms with Crippen LogP contribution >= 0.6 is 0 Å². The van der Waals surface area contributed by atoms with E-state index in [1.807, 2.05) is 20.8 Å². The zero-order valence-corrected chi connectivity index (χ0v) is 21.9. The van der Waals surface area contributed by atoms with Crippen LogP contribution in [0.2, 0.25) is 0 Å². The fraction of sp³-hybridized carbons (Fsp3) is 0.593. The number of aryl methyl sites for hydroxylation is 1. The van der Waals surface area contributed by atoms with Gasteiger partial charge in [0.1, 0.15) is 23.5 Å². The minimum atomic E-state index is -0.872. The molecule has 3 heterocycles. The Bertz CT molecular complexity index is 1100. The van der Waals surface area contributed by atoms with Crippen molar-refractivity contribution in [1.82, 2.24) is 14.9 Å². The lowest BCUT2D eigenvalue weighted by molar-refractivity contribution is 0.0276. The molecule has 1 amide bonds. The predicted molar refractivity (Wildman–Crippen MR) is 135 cm³/mol. The minimum absolute atomic E-state index is 0.0210. The van der Waals surface area contributed by atoms with Gasteiger partial charge in [-0.25, -0.2) is 19.2 Å². The summed E-state index contributed by atoms with van der Waals surface area (Å²) < 4.78 is 25.8. The van der Waals surface area contributed by atoms with Crippen LogP contribution in [0.3, 0.4) is 0 Å². The second-order valence-electron chi connectivity index (χ2n) is 11.7. The smallest absolute Gasteiger partial charge is 0.410 e. The highest BCUT2D eigenvalue weighted by Crippen LogP contribution is 2.43. The number of likely N-dealkylation sites (tertiary alicyclic amines) is 1. The van der Waals surface area contributed by atoms with Gasteiger partial charge in [0.05, 0.1) is 11.8 Å². The van der Waals surface area contributed by atoms with E-state index in [0.717, 1.165) is 25.9 Å². The SMILES string of the molecule is CC(C)(O)CCc1cc(F)ccc1Oc1cncnc1N1CCC2(CCN(C(=O)OC(C)(C)C)C2)C1. The number of hydrogen-bond acceptors (Lipinski definition) is 7. The van der Waals surface area contributed by atoms with Crippen LogP contribution in [0.5, 0.6) is 11.5 Å². The standard InChI is InChI=1S/C27H37FN4O4/c1-25(2,3)36-24(33)32-13-11-27(17-32)10-12-31(16-27)23-22(15-29-18-30-23)35-21-7-6-20(28)14-19(21)8-9-26(4,5)34/h6-7,14-15,18,34H,8-13,16-17H2,1-5H3. The first-order chi connectivity index (χ1) is 16.8. The molecule has 0 saturated carbocycles. The van der Waals surface area contributed by atoms with E-state index in [-0.39, 0.29) is 17.3 Å². The Labute approximate surface area is 212 Å². The maximum Gasteiger partial charge on any atom is 0.410 e. The van der Waals surface area contributed by atoms with E-state index in [1.54, 1.807) is 31.0 Å². The lowest BCUT2D eigenvalue weighted by atomic mass is 9.86. The largest absolute Gasteiger partial charge is 0.452 e. The molecule has 2 saturated heterocycles. The van der Waals surface area contributed by atoms with Crippen molar-refractivity contribution >= 4 is 11.9 Å². The summed E-state index contributed by atoms with van der Waals surface area (Å²) >= 11 is 0. The number of anilines is 1. The Morgan fingerprint density at radius 2 is 1.89 bits per heavy atom. The van der Waals surface area contributed by atoms with E-state index in [1.165, 1.54) is 18.5 Å². The van der Waals surface area contributed by atoms with Crippen molar-refractivity contribution in [1.29, 1.82) is 0 Å². The number of carbonyl (C=O) groups excluding carboxylic acids is 1. The van der Waals surface area contributed by atoms with Gasteiger partial charge in [-0.15, -0.1) is 0 Å². The van der Waals surface area contributed by atoms with Crippen LogP contribution < -0.4 is 9.64 Å². The van der Waals surface area contributed by atoms with Gasteiger partial charge in [0.25, 0.3) is 0 Å². The fourth-order valence-electron chi connectivity index (χ4n) is 4.89. The van der Waals surface area contributed by atoms with Crippen LogP contribution in [0.25, 0.3) is 0 Å². The van der Waals surface area contributed by atoms with Gasteiger partial charge in [0.15, 0.2) is 11.6 Å². The van der Waals surface area contributed by atoms with Crippen LogP contribution in [0, 0.1) is 11.2 Å². The summed E-state index contributed by atoms with van der Waals surface area (Å²) in [5, 5.41) is 10.1. The van der Waals surface area contributed by atoms with Gasteiger partial charge in [-0.05, 0) is 84.1 Å². The quantitative estimate of drug-likeness (QED) is 0.600. The number of rotatable bonds is 6. The molecule has 1 spiro atoms. The summed E-state index contributed by atoms with van der Waals surface area (Å²) in [5.74, 6) is 1.33. The summed E-state index contributed by atoms with van der Waals surface area (Å²) in [5.41, 5.74) is -0.738. The van der Waals surface area contributed by atoms with Crippen LogP contribution in [0.15, 0.2) is 30.7 Å².